The Hall–Kier alpha value is -3.12. The monoisotopic (exact) mass is 762 g/mol. The van der Waals surface area contributed by atoms with Gasteiger partial charge in [0.2, 0.25) is 0 Å². The number of para-hydroxylation sites is 1. The number of esters is 1. The number of benzene rings is 3. The first-order valence-electron chi connectivity index (χ1n) is 13.9. The van der Waals surface area contributed by atoms with Crippen LogP contribution in [0, 0.1) is 3.57 Å². The largest absolute Gasteiger partial charge is 0.491 e. The summed E-state index contributed by atoms with van der Waals surface area (Å²) in [6.07, 6.45) is 1.72. The Bertz CT molecular complexity index is 1950. The van der Waals surface area contributed by atoms with Crippen molar-refractivity contribution in [1.82, 2.24) is 4.57 Å². The highest BCUT2D eigenvalue weighted by Crippen LogP contribution is 2.36. The Morgan fingerprint density at radius 1 is 1.09 bits per heavy atom. The Kier molecular flexibility index (Phi) is 10.2. The predicted octanol–water partition coefficient (Wildman–Crippen LogP) is 7.08. The molecule has 1 aliphatic heterocycles. The van der Waals surface area contributed by atoms with E-state index in [1.165, 1.54) is 11.3 Å². The lowest BCUT2D eigenvalue weighted by atomic mass is 9.95. The van der Waals surface area contributed by atoms with Gasteiger partial charge in [0.05, 0.1) is 42.1 Å². The third-order valence-electron chi connectivity index (χ3n) is 6.73. The van der Waals surface area contributed by atoms with Crippen LogP contribution < -0.4 is 24.4 Å². The van der Waals surface area contributed by atoms with Crippen LogP contribution in [0.1, 0.15) is 50.4 Å². The molecule has 0 fully saturated rings. The second-order valence-electron chi connectivity index (χ2n) is 10.2. The summed E-state index contributed by atoms with van der Waals surface area (Å²) in [7, 11) is 0. The van der Waals surface area contributed by atoms with Crippen LogP contribution in [0.5, 0.6) is 11.5 Å². The smallest absolute Gasteiger partial charge is 0.338 e. The Morgan fingerprint density at radius 3 is 2.57 bits per heavy atom. The van der Waals surface area contributed by atoms with Crippen LogP contribution >= 0.6 is 57.1 Å². The fourth-order valence-electron chi connectivity index (χ4n) is 4.82. The Balaban J connectivity index is 1.54. The fourth-order valence-corrected chi connectivity index (χ4v) is 6.88. The first-order chi connectivity index (χ1) is 21.1. The number of thiazole rings is 1. The number of aromatic nitrogens is 1. The van der Waals surface area contributed by atoms with Crippen molar-refractivity contribution in [2.45, 2.75) is 46.4 Å². The van der Waals surface area contributed by atoms with Gasteiger partial charge in [-0.2, -0.15) is 0 Å². The summed E-state index contributed by atoms with van der Waals surface area (Å²) in [5.74, 6) is 0.773. The summed E-state index contributed by atoms with van der Waals surface area (Å²) >= 11 is 15.6. The lowest BCUT2D eigenvalue weighted by Crippen LogP contribution is -2.40. The van der Waals surface area contributed by atoms with Crippen LogP contribution in [-0.4, -0.2) is 23.2 Å². The topological polar surface area (TPSA) is 79.1 Å². The number of hydrogen-bond acceptors (Lipinski definition) is 7. The predicted molar refractivity (Wildman–Crippen MR) is 183 cm³/mol. The number of hydrogen-bond donors (Lipinski definition) is 0. The van der Waals surface area contributed by atoms with E-state index in [2.05, 4.69) is 27.6 Å². The van der Waals surface area contributed by atoms with E-state index in [4.69, 9.17) is 37.4 Å². The third kappa shape index (κ3) is 6.91. The number of allylic oxidation sites excluding steroid dienone is 1. The van der Waals surface area contributed by atoms with E-state index in [1.807, 2.05) is 68.5 Å². The highest BCUT2D eigenvalue weighted by atomic mass is 127. The number of carbonyl (C=O) groups excluding carboxylic acids is 1. The van der Waals surface area contributed by atoms with Crippen LogP contribution in [0.15, 0.2) is 81.7 Å². The molecule has 0 aliphatic carbocycles. The second kappa shape index (κ2) is 13.9. The van der Waals surface area contributed by atoms with Crippen molar-refractivity contribution >= 4 is 69.2 Å². The number of nitrogens with zero attached hydrogens (tertiary/aromatic N) is 2. The molecule has 5 rings (SSSR count). The van der Waals surface area contributed by atoms with Crippen LogP contribution in [0.2, 0.25) is 10.0 Å². The molecule has 4 aromatic rings. The molecule has 44 heavy (non-hydrogen) atoms. The van der Waals surface area contributed by atoms with Gasteiger partial charge in [-0.25, -0.2) is 9.79 Å². The molecule has 0 radical (unpaired) electrons. The van der Waals surface area contributed by atoms with Gasteiger partial charge in [0.1, 0.15) is 24.1 Å². The summed E-state index contributed by atoms with van der Waals surface area (Å²) in [5.41, 5.74) is 2.95. The van der Waals surface area contributed by atoms with Gasteiger partial charge >= 0.3 is 5.97 Å². The maximum absolute atomic E-state index is 14.1. The molecule has 1 aliphatic rings. The number of ether oxygens (including phenoxy) is 3. The van der Waals surface area contributed by atoms with Gasteiger partial charge in [-0.1, -0.05) is 64.9 Å². The van der Waals surface area contributed by atoms with Crippen LogP contribution in [-0.2, 0) is 16.1 Å². The van der Waals surface area contributed by atoms with Gasteiger partial charge in [0, 0.05) is 5.56 Å². The minimum Gasteiger partial charge on any atom is -0.491 e. The molecule has 1 atom stereocenters. The SMILES string of the molecule is CCOC(=O)C1=C(C)N=c2s/c(=C/c3ccc(OCc4ccc(Cl)c(Cl)c4)c(I)c3)c(=O)n2[C@H]1c1ccccc1OC(C)C. The first kappa shape index (κ1) is 32.3. The highest BCUT2D eigenvalue weighted by molar-refractivity contribution is 14.1. The minimum atomic E-state index is -0.764. The zero-order valence-electron chi connectivity index (χ0n) is 24.4. The number of rotatable bonds is 9. The molecular formula is C33H29Cl2IN2O5S. The van der Waals surface area contributed by atoms with Gasteiger partial charge < -0.3 is 14.2 Å². The van der Waals surface area contributed by atoms with E-state index in [0.29, 0.717) is 54.3 Å². The maximum Gasteiger partial charge on any atom is 0.338 e. The molecule has 1 aromatic heterocycles. The molecule has 7 nitrogen and oxygen atoms in total. The summed E-state index contributed by atoms with van der Waals surface area (Å²) in [5, 5.41) is 0.966. The normalized spacial score (nSPS) is 14.8. The van der Waals surface area contributed by atoms with Crippen LogP contribution in [0.4, 0.5) is 0 Å². The maximum atomic E-state index is 14.1. The van der Waals surface area contributed by atoms with Crippen molar-refractivity contribution in [3.8, 4) is 11.5 Å². The van der Waals surface area contributed by atoms with Crippen LogP contribution in [0.3, 0.4) is 0 Å². The molecule has 0 N–H and O–H groups in total. The number of carbonyl (C=O) groups is 1. The van der Waals surface area contributed by atoms with Gasteiger partial charge in [-0.3, -0.25) is 9.36 Å². The zero-order chi connectivity index (χ0) is 31.5. The summed E-state index contributed by atoms with van der Waals surface area (Å²) in [6.45, 7) is 7.90. The molecule has 0 bridgehead atoms. The lowest BCUT2D eigenvalue weighted by molar-refractivity contribution is -0.139. The van der Waals surface area contributed by atoms with Crippen molar-refractivity contribution < 1.29 is 19.0 Å². The van der Waals surface area contributed by atoms with Gasteiger partial charge in [-0.15, -0.1) is 0 Å². The van der Waals surface area contributed by atoms with Gasteiger partial charge in [0.25, 0.3) is 5.56 Å². The molecule has 0 amide bonds. The molecule has 0 saturated heterocycles. The van der Waals surface area contributed by atoms with E-state index in [-0.39, 0.29) is 18.3 Å². The molecule has 2 heterocycles. The van der Waals surface area contributed by atoms with Gasteiger partial charge in [0.15, 0.2) is 4.80 Å². The highest BCUT2D eigenvalue weighted by Gasteiger charge is 2.35. The number of halogens is 3. The van der Waals surface area contributed by atoms with Gasteiger partial charge in [-0.05, 0) is 97.8 Å². The lowest BCUT2D eigenvalue weighted by Gasteiger charge is -2.26. The van der Waals surface area contributed by atoms with E-state index < -0.39 is 12.0 Å². The zero-order valence-corrected chi connectivity index (χ0v) is 28.9. The molecular weight excluding hydrogens is 734 g/mol. The van der Waals surface area contributed by atoms with Crippen molar-refractivity contribution in [3.63, 3.8) is 0 Å². The quantitative estimate of drug-likeness (QED) is 0.135. The average Bonchev–Trinajstić information content (AvgIpc) is 3.27. The fraction of sp³-hybridized carbons (Fsp3) is 0.242. The van der Waals surface area contributed by atoms with Crippen molar-refractivity contribution in [1.29, 1.82) is 0 Å². The first-order valence-corrected chi connectivity index (χ1v) is 16.5. The molecule has 3 aromatic carbocycles. The standard InChI is InChI=1S/C33H29Cl2IN2O5S/c1-5-41-32(40)29-19(4)37-33-38(30(29)22-8-6-7-9-26(22)43-18(2)3)31(39)28(44-33)16-20-11-13-27(25(36)15-20)42-17-21-10-12-23(34)24(35)14-21/h6-16,18,30H,5,17H2,1-4H3/b28-16+/t30-/m0/s1. The molecule has 0 spiro atoms. The molecule has 228 valence electrons. The van der Waals surface area contributed by atoms with Crippen molar-refractivity contribution in [2.75, 3.05) is 6.61 Å². The second-order valence-corrected chi connectivity index (χ2v) is 13.2. The third-order valence-corrected chi connectivity index (χ3v) is 9.29. The van der Waals surface area contributed by atoms with Crippen molar-refractivity contribution in [2.24, 2.45) is 4.99 Å². The minimum absolute atomic E-state index is 0.110. The Morgan fingerprint density at radius 2 is 1.86 bits per heavy atom. The van der Waals surface area contributed by atoms with E-state index in [1.54, 1.807) is 30.5 Å². The average molecular weight is 763 g/mol. The molecule has 0 unspecified atom stereocenters. The van der Waals surface area contributed by atoms with Crippen molar-refractivity contribution in [3.05, 3.63) is 122 Å². The summed E-state index contributed by atoms with van der Waals surface area (Å²) in [6, 6.07) is 17.8. The van der Waals surface area contributed by atoms with Crippen LogP contribution in [0.25, 0.3) is 6.08 Å². The Labute approximate surface area is 282 Å². The summed E-state index contributed by atoms with van der Waals surface area (Å²) < 4.78 is 20.5. The molecule has 11 heteroatoms. The number of fused-ring (bicyclic) bond motifs is 1. The van der Waals surface area contributed by atoms with E-state index in [9.17, 15) is 9.59 Å². The van der Waals surface area contributed by atoms with E-state index in [0.717, 1.165) is 14.7 Å². The molecule has 0 saturated carbocycles. The van der Waals surface area contributed by atoms with E-state index >= 15 is 0 Å². The summed E-state index contributed by atoms with van der Waals surface area (Å²) in [4.78, 5) is 32.5.